The SMILES string of the molecule is CCOc1ccc(C2/C(=C(/O)c3ccc(OCC)c(C)c3)C(=O)C(=O)N2c2ccccc2)cc1. The van der Waals surface area contributed by atoms with Crippen LogP contribution in [0.25, 0.3) is 5.76 Å². The first kappa shape index (κ1) is 23.1. The van der Waals surface area contributed by atoms with Crippen molar-refractivity contribution in [1.82, 2.24) is 0 Å². The Morgan fingerprint density at radius 2 is 1.59 bits per heavy atom. The molecular formula is C28H27NO5. The van der Waals surface area contributed by atoms with Gasteiger partial charge in [0.05, 0.1) is 24.8 Å². The van der Waals surface area contributed by atoms with Crippen LogP contribution in [0.5, 0.6) is 11.5 Å². The number of ketones is 1. The van der Waals surface area contributed by atoms with Gasteiger partial charge in [-0.3, -0.25) is 14.5 Å². The molecule has 1 saturated heterocycles. The van der Waals surface area contributed by atoms with E-state index < -0.39 is 17.7 Å². The summed E-state index contributed by atoms with van der Waals surface area (Å²) >= 11 is 0. The first-order valence-corrected chi connectivity index (χ1v) is 11.3. The average Bonchev–Trinajstić information content (AvgIpc) is 3.11. The van der Waals surface area contributed by atoms with Crippen LogP contribution in [0.3, 0.4) is 0 Å². The number of aliphatic hydroxyl groups excluding tert-OH is 1. The Morgan fingerprint density at radius 1 is 0.912 bits per heavy atom. The smallest absolute Gasteiger partial charge is 0.300 e. The Balaban J connectivity index is 1.87. The van der Waals surface area contributed by atoms with Crippen LogP contribution in [0.4, 0.5) is 5.69 Å². The number of ether oxygens (including phenoxy) is 2. The molecule has 6 nitrogen and oxygen atoms in total. The number of carbonyl (C=O) groups is 2. The zero-order chi connectivity index (χ0) is 24.2. The predicted molar refractivity (Wildman–Crippen MR) is 131 cm³/mol. The molecule has 174 valence electrons. The van der Waals surface area contributed by atoms with Crippen molar-refractivity contribution in [2.45, 2.75) is 26.8 Å². The largest absolute Gasteiger partial charge is 0.507 e. The van der Waals surface area contributed by atoms with Gasteiger partial charge in [-0.05, 0) is 74.4 Å². The van der Waals surface area contributed by atoms with Gasteiger partial charge in [-0.15, -0.1) is 0 Å². The molecule has 1 aliphatic heterocycles. The lowest BCUT2D eigenvalue weighted by Gasteiger charge is -2.25. The molecule has 1 amide bonds. The summed E-state index contributed by atoms with van der Waals surface area (Å²) in [7, 11) is 0. The molecule has 34 heavy (non-hydrogen) atoms. The molecule has 1 unspecified atom stereocenters. The fraction of sp³-hybridized carbons (Fsp3) is 0.214. The van der Waals surface area contributed by atoms with Gasteiger partial charge in [-0.1, -0.05) is 30.3 Å². The van der Waals surface area contributed by atoms with Gasteiger partial charge >= 0.3 is 0 Å². The number of carbonyl (C=O) groups excluding carboxylic acids is 2. The van der Waals surface area contributed by atoms with Gasteiger partial charge in [0.15, 0.2) is 0 Å². The number of amides is 1. The van der Waals surface area contributed by atoms with E-state index in [1.165, 1.54) is 4.90 Å². The molecule has 1 aliphatic rings. The Hall–Kier alpha value is -4.06. The molecule has 4 rings (SSSR count). The number of aliphatic hydroxyl groups is 1. The van der Waals surface area contributed by atoms with Crippen molar-refractivity contribution in [3.8, 4) is 11.5 Å². The van der Waals surface area contributed by atoms with Crippen LogP contribution in [-0.4, -0.2) is 30.0 Å². The van der Waals surface area contributed by atoms with Crippen molar-refractivity contribution in [2.24, 2.45) is 0 Å². The second-order valence-electron chi connectivity index (χ2n) is 7.92. The first-order valence-electron chi connectivity index (χ1n) is 11.3. The minimum atomic E-state index is -0.787. The van der Waals surface area contributed by atoms with E-state index in [0.717, 1.165) is 5.56 Å². The number of hydrogen-bond donors (Lipinski definition) is 1. The van der Waals surface area contributed by atoms with E-state index in [1.54, 1.807) is 54.6 Å². The Labute approximate surface area is 199 Å². The van der Waals surface area contributed by atoms with Crippen molar-refractivity contribution in [1.29, 1.82) is 0 Å². The monoisotopic (exact) mass is 457 g/mol. The van der Waals surface area contributed by atoms with E-state index in [4.69, 9.17) is 9.47 Å². The van der Waals surface area contributed by atoms with Crippen molar-refractivity contribution < 1.29 is 24.2 Å². The highest BCUT2D eigenvalue weighted by atomic mass is 16.5. The summed E-state index contributed by atoms with van der Waals surface area (Å²) in [6, 6.07) is 20.6. The van der Waals surface area contributed by atoms with E-state index >= 15 is 0 Å². The number of Topliss-reactive ketones (excluding diaryl/α,β-unsaturated/α-hetero) is 1. The quantitative estimate of drug-likeness (QED) is 0.291. The highest BCUT2D eigenvalue weighted by molar-refractivity contribution is 6.51. The molecule has 1 heterocycles. The highest BCUT2D eigenvalue weighted by Gasteiger charge is 2.46. The van der Waals surface area contributed by atoms with Crippen molar-refractivity contribution in [2.75, 3.05) is 18.1 Å². The molecule has 0 radical (unpaired) electrons. The molecule has 0 aliphatic carbocycles. The summed E-state index contributed by atoms with van der Waals surface area (Å²) in [5, 5.41) is 11.3. The highest BCUT2D eigenvalue weighted by Crippen LogP contribution is 2.42. The maximum atomic E-state index is 13.3. The molecule has 0 saturated carbocycles. The normalized spacial score (nSPS) is 17.1. The van der Waals surface area contributed by atoms with E-state index in [0.29, 0.717) is 41.5 Å². The fourth-order valence-electron chi connectivity index (χ4n) is 4.19. The molecular weight excluding hydrogens is 430 g/mol. The molecule has 6 heteroatoms. The number of nitrogens with zero attached hydrogens (tertiary/aromatic N) is 1. The van der Waals surface area contributed by atoms with Crippen LogP contribution in [0.1, 0.15) is 36.6 Å². The van der Waals surface area contributed by atoms with Crippen molar-refractivity contribution >= 4 is 23.1 Å². The number of para-hydroxylation sites is 1. The van der Waals surface area contributed by atoms with Crippen LogP contribution in [0.15, 0.2) is 78.4 Å². The lowest BCUT2D eigenvalue weighted by molar-refractivity contribution is -0.132. The molecule has 3 aromatic carbocycles. The van der Waals surface area contributed by atoms with Gasteiger partial charge in [0, 0.05) is 11.3 Å². The van der Waals surface area contributed by atoms with E-state index in [-0.39, 0.29) is 11.3 Å². The molecule has 1 N–H and O–H groups in total. The molecule has 0 spiro atoms. The Bertz CT molecular complexity index is 1230. The van der Waals surface area contributed by atoms with Gasteiger partial charge in [0.1, 0.15) is 17.3 Å². The minimum absolute atomic E-state index is 0.0431. The van der Waals surface area contributed by atoms with Crippen molar-refractivity contribution in [3.63, 3.8) is 0 Å². The summed E-state index contributed by atoms with van der Waals surface area (Å²) < 4.78 is 11.1. The molecule has 1 atom stereocenters. The summed E-state index contributed by atoms with van der Waals surface area (Å²) in [6.45, 7) is 6.71. The lowest BCUT2D eigenvalue weighted by Crippen LogP contribution is -2.29. The van der Waals surface area contributed by atoms with E-state index in [1.807, 2.05) is 39.0 Å². The van der Waals surface area contributed by atoms with Gasteiger partial charge in [0.25, 0.3) is 11.7 Å². The second-order valence-corrected chi connectivity index (χ2v) is 7.92. The van der Waals surface area contributed by atoms with E-state index in [2.05, 4.69) is 0 Å². The summed E-state index contributed by atoms with van der Waals surface area (Å²) in [6.07, 6.45) is 0. The maximum Gasteiger partial charge on any atom is 0.300 e. The van der Waals surface area contributed by atoms with Crippen LogP contribution in [0.2, 0.25) is 0 Å². The number of benzene rings is 3. The summed E-state index contributed by atoms with van der Waals surface area (Å²) in [4.78, 5) is 27.9. The maximum absolute atomic E-state index is 13.3. The third kappa shape index (κ3) is 4.27. The first-order chi connectivity index (χ1) is 16.5. The molecule has 0 aromatic heterocycles. The standard InChI is InChI=1S/C28H27NO5/c1-4-33-22-14-11-19(12-15-22)25-24(26(30)20-13-16-23(34-5-2)18(3)17-20)27(31)28(32)29(25)21-9-7-6-8-10-21/h6-17,25,30H,4-5H2,1-3H3/b26-24-. The van der Waals surface area contributed by atoms with Gasteiger partial charge < -0.3 is 14.6 Å². The number of rotatable bonds is 7. The zero-order valence-electron chi connectivity index (χ0n) is 19.4. The molecule has 0 bridgehead atoms. The van der Waals surface area contributed by atoms with Gasteiger partial charge in [-0.25, -0.2) is 0 Å². The Morgan fingerprint density at radius 3 is 2.21 bits per heavy atom. The van der Waals surface area contributed by atoms with Crippen molar-refractivity contribution in [3.05, 3.63) is 95.1 Å². The summed E-state index contributed by atoms with van der Waals surface area (Å²) in [5.41, 5.74) is 2.58. The van der Waals surface area contributed by atoms with Crippen LogP contribution >= 0.6 is 0 Å². The Kier molecular flexibility index (Phi) is 6.68. The second kappa shape index (κ2) is 9.83. The predicted octanol–water partition coefficient (Wildman–Crippen LogP) is 5.42. The summed E-state index contributed by atoms with van der Waals surface area (Å²) in [5.74, 6) is -0.250. The topological polar surface area (TPSA) is 76.1 Å². The third-order valence-corrected chi connectivity index (χ3v) is 5.73. The zero-order valence-corrected chi connectivity index (χ0v) is 19.4. The molecule has 3 aromatic rings. The minimum Gasteiger partial charge on any atom is -0.507 e. The van der Waals surface area contributed by atoms with Crippen LogP contribution in [0, 0.1) is 6.92 Å². The van der Waals surface area contributed by atoms with E-state index in [9.17, 15) is 14.7 Å². The van der Waals surface area contributed by atoms with Crippen LogP contribution < -0.4 is 14.4 Å². The van der Waals surface area contributed by atoms with Crippen LogP contribution in [-0.2, 0) is 9.59 Å². The van der Waals surface area contributed by atoms with Gasteiger partial charge in [0.2, 0.25) is 0 Å². The molecule has 1 fully saturated rings. The number of aryl methyl sites for hydroxylation is 1. The van der Waals surface area contributed by atoms with Gasteiger partial charge in [-0.2, -0.15) is 0 Å². The third-order valence-electron chi connectivity index (χ3n) is 5.73. The number of hydrogen-bond acceptors (Lipinski definition) is 5. The number of anilines is 1. The lowest BCUT2D eigenvalue weighted by atomic mass is 9.94. The average molecular weight is 458 g/mol. The fourth-order valence-corrected chi connectivity index (χ4v) is 4.19.